The molecule has 0 aliphatic heterocycles. The van der Waals surface area contributed by atoms with Gasteiger partial charge >= 0.3 is 0 Å². The van der Waals surface area contributed by atoms with E-state index in [-0.39, 0.29) is 6.61 Å². The van der Waals surface area contributed by atoms with Gasteiger partial charge in [-0.3, -0.25) is 0 Å². The number of hydrogen-bond donors (Lipinski definition) is 2. The summed E-state index contributed by atoms with van der Waals surface area (Å²) in [4.78, 5) is 0. The van der Waals surface area contributed by atoms with Gasteiger partial charge in [0, 0.05) is 17.6 Å². The van der Waals surface area contributed by atoms with E-state index in [0.717, 1.165) is 24.0 Å². The number of benzene rings is 1. The van der Waals surface area contributed by atoms with E-state index < -0.39 is 0 Å². The van der Waals surface area contributed by atoms with Crippen molar-refractivity contribution >= 4 is 15.9 Å². The highest BCUT2D eigenvalue weighted by Gasteiger charge is 2.02. The first-order valence-corrected chi connectivity index (χ1v) is 6.49. The highest BCUT2D eigenvalue weighted by atomic mass is 79.9. The van der Waals surface area contributed by atoms with Crippen molar-refractivity contribution in [1.82, 2.24) is 5.32 Å². The zero-order valence-electron chi connectivity index (χ0n) is 9.96. The molecule has 90 valence electrons. The molecule has 1 aromatic rings. The van der Waals surface area contributed by atoms with Crippen molar-refractivity contribution in [2.24, 2.45) is 5.92 Å². The molecule has 0 aliphatic carbocycles. The zero-order valence-corrected chi connectivity index (χ0v) is 11.5. The summed E-state index contributed by atoms with van der Waals surface area (Å²) >= 11 is 3.57. The molecule has 1 aromatic carbocycles. The van der Waals surface area contributed by atoms with Gasteiger partial charge in [0.25, 0.3) is 0 Å². The van der Waals surface area contributed by atoms with Crippen molar-refractivity contribution in [2.75, 3.05) is 13.2 Å². The maximum atomic E-state index is 8.79. The van der Waals surface area contributed by atoms with Crippen LogP contribution in [0.25, 0.3) is 0 Å². The number of rotatable bonds is 6. The van der Waals surface area contributed by atoms with Crippen molar-refractivity contribution in [3.63, 3.8) is 0 Å². The van der Waals surface area contributed by atoms with Crippen LogP contribution in [0.4, 0.5) is 0 Å². The summed E-state index contributed by atoms with van der Waals surface area (Å²) in [7, 11) is 0. The van der Waals surface area contributed by atoms with Crippen LogP contribution in [-0.2, 0) is 6.54 Å². The molecule has 0 aromatic heterocycles. The summed E-state index contributed by atoms with van der Waals surface area (Å²) < 4.78 is 1.16. The van der Waals surface area contributed by atoms with Crippen LogP contribution in [0.2, 0.25) is 0 Å². The predicted molar refractivity (Wildman–Crippen MR) is 71.5 cm³/mol. The molecular weight excluding hydrogens is 266 g/mol. The first kappa shape index (κ1) is 13.7. The summed E-state index contributed by atoms with van der Waals surface area (Å²) in [5.41, 5.74) is 2.55. The molecular formula is C13H20BrNO. The van der Waals surface area contributed by atoms with E-state index in [2.05, 4.69) is 53.3 Å². The monoisotopic (exact) mass is 285 g/mol. The molecule has 1 atom stereocenters. The Hall–Kier alpha value is -0.380. The maximum Gasteiger partial charge on any atom is 0.0434 e. The number of aliphatic hydroxyl groups is 1. The van der Waals surface area contributed by atoms with Crippen LogP contribution in [0.5, 0.6) is 0 Å². The standard InChI is InChI=1S/C13H20BrNO/c1-10-3-4-12(13(14)7-10)9-15-8-11(2)5-6-16/h3-4,7,11,15-16H,5-6,8-9H2,1-2H3. The van der Waals surface area contributed by atoms with Gasteiger partial charge in [-0.2, -0.15) is 0 Å². The first-order chi connectivity index (χ1) is 7.63. The molecule has 0 spiro atoms. The summed E-state index contributed by atoms with van der Waals surface area (Å²) in [6, 6.07) is 6.40. The van der Waals surface area contributed by atoms with Crippen LogP contribution in [0.1, 0.15) is 24.5 Å². The fourth-order valence-electron chi connectivity index (χ4n) is 1.57. The van der Waals surface area contributed by atoms with Crippen molar-refractivity contribution in [3.05, 3.63) is 33.8 Å². The maximum absolute atomic E-state index is 8.79. The second-order valence-electron chi connectivity index (χ2n) is 4.34. The average Bonchev–Trinajstić information content (AvgIpc) is 2.22. The minimum atomic E-state index is 0.275. The lowest BCUT2D eigenvalue weighted by Gasteiger charge is -2.12. The Kier molecular flexibility index (Phi) is 6.03. The van der Waals surface area contributed by atoms with E-state index >= 15 is 0 Å². The smallest absolute Gasteiger partial charge is 0.0434 e. The normalized spacial score (nSPS) is 12.8. The first-order valence-electron chi connectivity index (χ1n) is 5.70. The fourth-order valence-corrected chi connectivity index (χ4v) is 2.20. The van der Waals surface area contributed by atoms with Gasteiger partial charge in [0.1, 0.15) is 0 Å². The second-order valence-corrected chi connectivity index (χ2v) is 5.20. The third kappa shape index (κ3) is 4.64. The van der Waals surface area contributed by atoms with Crippen LogP contribution >= 0.6 is 15.9 Å². The molecule has 0 saturated carbocycles. The Labute approximate surface area is 106 Å². The molecule has 0 saturated heterocycles. The third-order valence-corrected chi connectivity index (χ3v) is 3.38. The largest absolute Gasteiger partial charge is 0.396 e. The number of aliphatic hydroxyl groups excluding tert-OH is 1. The van der Waals surface area contributed by atoms with Gasteiger partial charge in [0.05, 0.1) is 0 Å². The molecule has 0 amide bonds. The summed E-state index contributed by atoms with van der Waals surface area (Å²) in [5.74, 6) is 0.522. The summed E-state index contributed by atoms with van der Waals surface area (Å²) in [6.45, 7) is 6.33. The van der Waals surface area contributed by atoms with E-state index in [0.29, 0.717) is 5.92 Å². The Balaban J connectivity index is 2.37. The van der Waals surface area contributed by atoms with Crippen molar-refractivity contribution in [1.29, 1.82) is 0 Å². The molecule has 1 rings (SSSR count). The molecule has 16 heavy (non-hydrogen) atoms. The number of halogens is 1. The Bertz CT molecular complexity index is 328. The number of hydrogen-bond acceptors (Lipinski definition) is 2. The van der Waals surface area contributed by atoms with E-state index in [1.165, 1.54) is 11.1 Å². The van der Waals surface area contributed by atoms with Gasteiger partial charge in [-0.25, -0.2) is 0 Å². The van der Waals surface area contributed by atoms with E-state index in [9.17, 15) is 0 Å². The van der Waals surface area contributed by atoms with Crippen LogP contribution in [0.15, 0.2) is 22.7 Å². The van der Waals surface area contributed by atoms with Crippen LogP contribution in [-0.4, -0.2) is 18.3 Å². The van der Waals surface area contributed by atoms with Gasteiger partial charge < -0.3 is 10.4 Å². The Morgan fingerprint density at radius 2 is 2.19 bits per heavy atom. The molecule has 3 heteroatoms. The lowest BCUT2D eigenvalue weighted by atomic mass is 10.1. The zero-order chi connectivity index (χ0) is 12.0. The third-order valence-electron chi connectivity index (χ3n) is 2.64. The summed E-state index contributed by atoms with van der Waals surface area (Å²) in [5, 5.41) is 12.2. The van der Waals surface area contributed by atoms with Crippen molar-refractivity contribution < 1.29 is 5.11 Å². The minimum Gasteiger partial charge on any atom is -0.396 e. The van der Waals surface area contributed by atoms with Crippen molar-refractivity contribution in [2.45, 2.75) is 26.8 Å². The van der Waals surface area contributed by atoms with Gasteiger partial charge in [0.2, 0.25) is 0 Å². The van der Waals surface area contributed by atoms with Gasteiger partial charge in [-0.1, -0.05) is 35.0 Å². The Morgan fingerprint density at radius 3 is 2.81 bits per heavy atom. The molecule has 0 heterocycles. The van der Waals surface area contributed by atoms with E-state index in [4.69, 9.17) is 5.11 Å². The summed E-state index contributed by atoms with van der Waals surface area (Å²) in [6.07, 6.45) is 0.863. The van der Waals surface area contributed by atoms with Crippen LogP contribution in [0.3, 0.4) is 0 Å². The number of nitrogens with one attached hydrogen (secondary N) is 1. The molecule has 0 bridgehead atoms. The molecule has 2 N–H and O–H groups in total. The van der Waals surface area contributed by atoms with Gasteiger partial charge in [0.15, 0.2) is 0 Å². The molecule has 0 aliphatic rings. The minimum absolute atomic E-state index is 0.275. The van der Waals surface area contributed by atoms with Gasteiger partial charge in [-0.05, 0) is 43.0 Å². The van der Waals surface area contributed by atoms with Crippen molar-refractivity contribution in [3.8, 4) is 0 Å². The highest BCUT2D eigenvalue weighted by molar-refractivity contribution is 9.10. The molecule has 1 unspecified atom stereocenters. The average molecular weight is 286 g/mol. The van der Waals surface area contributed by atoms with E-state index in [1.807, 2.05) is 0 Å². The van der Waals surface area contributed by atoms with Crippen LogP contribution < -0.4 is 5.32 Å². The SMILES string of the molecule is Cc1ccc(CNCC(C)CCO)c(Br)c1. The highest BCUT2D eigenvalue weighted by Crippen LogP contribution is 2.18. The second kappa shape index (κ2) is 7.05. The Morgan fingerprint density at radius 1 is 1.44 bits per heavy atom. The quantitative estimate of drug-likeness (QED) is 0.843. The predicted octanol–water partition coefficient (Wildman–Crippen LogP) is 2.87. The molecule has 2 nitrogen and oxygen atoms in total. The van der Waals surface area contributed by atoms with Gasteiger partial charge in [-0.15, -0.1) is 0 Å². The fraction of sp³-hybridized carbons (Fsp3) is 0.538. The van der Waals surface area contributed by atoms with Crippen LogP contribution in [0, 0.1) is 12.8 Å². The topological polar surface area (TPSA) is 32.3 Å². The molecule has 0 fully saturated rings. The lowest BCUT2D eigenvalue weighted by Crippen LogP contribution is -2.21. The lowest BCUT2D eigenvalue weighted by molar-refractivity contribution is 0.260. The van der Waals surface area contributed by atoms with E-state index in [1.54, 1.807) is 0 Å². The molecule has 0 radical (unpaired) electrons. The number of aryl methyl sites for hydroxylation is 1.